The minimum Gasteiger partial charge on any atom is -0.329 e. The predicted octanol–water partition coefficient (Wildman–Crippen LogP) is 4.20. The zero-order valence-electron chi connectivity index (χ0n) is 12.6. The Morgan fingerprint density at radius 2 is 2.00 bits per heavy atom. The summed E-state index contributed by atoms with van der Waals surface area (Å²) in [7, 11) is 1.91. The van der Waals surface area contributed by atoms with E-state index in [0.717, 1.165) is 17.1 Å². The van der Waals surface area contributed by atoms with E-state index in [1.54, 1.807) is 6.07 Å². The molecule has 0 aliphatic carbocycles. The minimum absolute atomic E-state index is 0.195. The van der Waals surface area contributed by atoms with Gasteiger partial charge in [-0.15, -0.1) is 0 Å². The third-order valence-electron chi connectivity index (χ3n) is 3.27. The molecule has 0 unspecified atom stereocenters. The molecule has 0 bridgehead atoms. The molecule has 0 saturated carbocycles. The highest BCUT2D eigenvalue weighted by atomic mass is 35.5. The van der Waals surface area contributed by atoms with Crippen LogP contribution < -0.4 is 4.90 Å². The molecule has 108 valence electrons. The Bertz CT molecular complexity index is 704. The van der Waals surface area contributed by atoms with Crippen molar-refractivity contribution in [2.45, 2.75) is 26.7 Å². The van der Waals surface area contributed by atoms with E-state index in [-0.39, 0.29) is 5.92 Å². The van der Waals surface area contributed by atoms with E-state index in [2.05, 4.69) is 16.0 Å². The summed E-state index contributed by atoms with van der Waals surface area (Å²) < 4.78 is 0. The Hall–Kier alpha value is -2.12. The number of aromatic nitrogens is 2. The number of hydrogen-bond donors (Lipinski definition) is 0. The summed E-state index contributed by atoms with van der Waals surface area (Å²) >= 11 is 6.22. The van der Waals surface area contributed by atoms with Crippen molar-refractivity contribution >= 4 is 23.1 Å². The lowest BCUT2D eigenvalue weighted by atomic mass is 10.2. The van der Waals surface area contributed by atoms with Crippen molar-refractivity contribution in [2.24, 2.45) is 0 Å². The molecule has 1 heterocycles. The van der Waals surface area contributed by atoms with Crippen LogP contribution in [0.1, 0.15) is 36.7 Å². The van der Waals surface area contributed by atoms with Crippen molar-refractivity contribution in [3.8, 4) is 6.07 Å². The molecule has 1 aromatic carbocycles. The second kappa shape index (κ2) is 6.11. The molecule has 0 saturated heterocycles. The zero-order valence-corrected chi connectivity index (χ0v) is 13.3. The van der Waals surface area contributed by atoms with Crippen LogP contribution >= 0.6 is 11.6 Å². The van der Waals surface area contributed by atoms with Gasteiger partial charge in [0.15, 0.2) is 0 Å². The van der Waals surface area contributed by atoms with Crippen LogP contribution in [0.15, 0.2) is 24.3 Å². The van der Waals surface area contributed by atoms with Crippen molar-refractivity contribution in [2.75, 3.05) is 11.9 Å². The SMILES string of the molecule is Cc1c(Cl)nc(C(C)C)nc1N(C)c1cccc(C#N)c1. The summed E-state index contributed by atoms with van der Waals surface area (Å²) in [4.78, 5) is 10.9. The molecule has 21 heavy (non-hydrogen) atoms. The quantitative estimate of drug-likeness (QED) is 0.797. The summed E-state index contributed by atoms with van der Waals surface area (Å²) in [6.07, 6.45) is 0. The minimum atomic E-state index is 0.195. The zero-order chi connectivity index (χ0) is 15.6. The molecule has 0 radical (unpaired) electrons. The smallest absolute Gasteiger partial charge is 0.140 e. The second-order valence-corrected chi connectivity index (χ2v) is 5.56. The summed E-state index contributed by atoms with van der Waals surface area (Å²) in [6, 6.07) is 9.53. The van der Waals surface area contributed by atoms with Crippen molar-refractivity contribution < 1.29 is 0 Å². The molecule has 0 amide bonds. The van der Waals surface area contributed by atoms with E-state index >= 15 is 0 Å². The van der Waals surface area contributed by atoms with Gasteiger partial charge in [0.2, 0.25) is 0 Å². The van der Waals surface area contributed by atoms with Crippen molar-refractivity contribution in [3.05, 3.63) is 46.4 Å². The first-order valence-electron chi connectivity index (χ1n) is 6.72. The maximum atomic E-state index is 9.01. The van der Waals surface area contributed by atoms with Crippen molar-refractivity contribution in [3.63, 3.8) is 0 Å². The third-order valence-corrected chi connectivity index (χ3v) is 3.64. The second-order valence-electron chi connectivity index (χ2n) is 5.20. The number of hydrogen-bond acceptors (Lipinski definition) is 4. The van der Waals surface area contributed by atoms with Gasteiger partial charge in [-0.05, 0) is 25.1 Å². The molecule has 0 aliphatic heterocycles. The van der Waals surface area contributed by atoms with Crippen molar-refractivity contribution in [1.82, 2.24) is 9.97 Å². The van der Waals surface area contributed by atoms with Crippen LogP contribution in [0.2, 0.25) is 5.15 Å². The predicted molar refractivity (Wildman–Crippen MR) is 85.1 cm³/mol. The number of nitriles is 1. The molecular weight excluding hydrogens is 284 g/mol. The lowest BCUT2D eigenvalue weighted by Crippen LogP contribution is -2.15. The number of benzene rings is 1. The first kappa shape index (κ1) is 15.3. The molecule has 4 nitrogen and oxygen atoms in total. The number of anilines is 2. The third kappa shape index (κ3) is 3.14. The highest BCUT2D eigenvalue weighted by Gasteiger charge is 2.16. The number of nitrogens with zero attached hydrogens (tertiary/aromatic N) is 4. The normalized spacial score (nSPS) is 10.5. The lowest BCUT2D eigenvalue weighted by Gasteiger charge is -2.22. The van der Waals surface area contributed by atoms with Crippen LogP contribution in [-0.2, 0) is 0 Å². The molecule has 0 spiro atoms. The average Bonchev–Trinajstić information content (AvgIpc) is 2.49. The van der Waals surface area contributed by atoms with E-state index in [0.29, 0.717) is 16.5 Å². The van der Waals surface area contributed by atoms with Crippen LogP contribution in [0.25, 0.3) is 0 Å². The van der Waals surface area contributed by atoms with Gasteiger partial charge in [0.1, 0.15) is 16.8 Å². The van der Waals surface area contributed by atoms with Crippen LogP contribution in [0, 0.1) is 18.3 Å². The fourth-order valence-corrected chi connectivity index (χ4v) is 2.16. The Morgan fingerprint density at radius 3 is 2.62 bits per heavy atom. The summed E-state index contributed by atoms with van der Waals surface area (Å²) in [5, 5.41) is 9.48. The van der Waals surface area contributed by atoms with Gasteiger partial charge in [-0.2, -0.15) is 5.26 Å². The Kier molecular flexibility index (Phi) is 4.44. The number of rotatable bonds is 3. The van der Waals surface area contributed by atoms with E-state index in [1.165, 1.54) is 0 Å². The molecule has 0 aliphatic rings. The topological polar surface area (TPSA) is 52.8 Å². The van der Waals surface area contributed by atoms with E-state index < -0.39 is 0 Å². The molecule has 1 aromatic heterocycles. The van der Waals surface area contributed by atoms with Crippen molar-refractivity contribution in [1.29, 1.82) is 5.26 Å². The summed E-state index contributed by atoms with van der Waals surface area (Å²) in [5.74, 6) is 1.67. The van der Waals surface area contributed by atoms with Crippen LogP contribution in [-0.4, -0.2) is 17.0 Å². The van der Waals surface area contributed by atoms with Crippen LogP contribution in [0.5, 0.6) is 0 Å². The molecule has 2 aromatic rings. The molecule has 2 rings (SSSR count). The first-order chi connectivity index (χ1) is 9.93. The van der Waals surface area contributed by atoms with E-state index in [4.69, 9.17) is 16.9 Å². The van der Waals surface area contributed by atoms with Gasteiger partial charge in [-0.25, -0.2) is 9.97 Å². The average molecular weight is 301 g/mol. The molecular formula is C16H17ClN4. The first-order valence-corrected chi connectivity index (χ1v) is 7.09. The van der Waals surface area contributed by atoms with Gasteiger partial charge in [0.05, 0.1) is 11.6 Å². The van der Waals surface area contributed by atoms with Gasteiger partial charge in [-0.1, -0.05) is 31.5 Å². The molecule has 5 heteroatoms. The Morgan fingerprint density at radius 1 is 1.29 bits per heavy atom. The highest BCUT2D eigenvalue weighted by molar-refractivity contribution is 6.30. The fourth-order valence-electron chi connectivity index (χ4n) is 1.99. The van der Waals surface area contributed by atoms with E-state index in [1.807, 2.05) is 50.9 Å². The maximum absolute atomic E-state index is 9.01. The lowest BCUT2D eigenvalue weighted by molar-refractivity contribution is 0.769. The van der Waals surface area contributed by atoms with E-state index in [9.17, 15) is 0 Å². The Labute approximate surface area is 130 Å². The Balaban J connectivity index is 2.52. The molecule has 0 fully saturated rings. The van der Waals surface area contributed by atoms with Gasteiger partial charge >= 0.3 is 0 Å². The number of halogens is 1. The van der Waals surface area contributed by atoms with Gasteiger partial charge in [-0.3, -0.25) is 0 Å². The molecule has 0 N–H and O–H groups in total. The molecule has 0 atom stereocenters. The monoisotopic (exact) mass is 300 g/mol. The largest absolute Gasteiger partial charge is 0.329 e. The van der Waals surface area contributed by atoms with Gasteiger partial charge in [0.25, 0.3) is 0 Å². The standard InChI is InChI=1S/C16H17ClN4/c1-10(2)15-19-14(17)11(3)16(20-15)21(4)13-7-5-6-12(8-13)9-18/h5-8,10H,1-4H3. The summed E-state index contributed by atoms with van der Waals surface area (Å²) in [5.41, 5.74) is 2.33. The van der Waals surface area contributed by atoms with Gasteiger partial charge < -0.3 is 4.90 Å². The van der Waals surface area contributed by atoms with Crippen LogP contribution in [0.4, 0.5) is 11.5 Å². The fraction of sp³-hybridized carbons (Fsp3) is 0.312. The maximum Gasteiger partial charge on any atom is 0.140 e. The summed E-state index contributed by atoms with van der Waals surface area (Å²) in [6.45, 7) is 5.95. The van der Waals surface area contributed by atoms with Crippen LogP contribution in [0.3, 0.4) is 0 Å². The van der Waals surface area contributed by atoms with Gasteiger partial charge in [0, 0.05) is 24.2 Å². The highest BCUT2D eigenvalue weighted by Crippen LogP contribution is 2.30.